The molecule has 0 saturated carbocycles. The van der Waals surface area contributed by atoms with Crippen molar-refractivity contribution in [3.63, 3.8) is 0 Å². The molecule has 2 bridgehead atoms. The molecule has 0 unspecified atom stereocenters. The zero-order valence-electron chi connectivity index (χ0n) is 22.9. The second-order valence-electron chi connectivity index (χ2n) is 11.1. The highest BCUT2D eigenvalue weighted by atomic mass is 16.6. The van der Waals surface area contributed by atoms with E-state index in [9.17, 15) is 34.2 Å². The number of phenols is 1. The Kier molecular flexibility index (Phi) is 7.39. The average Bonchev–Trinajstić information content (AvgIpc) is 3.28. The van der Waals surface area contributed by atoms with Crippen LogP contribution in [0.2, 0.25) is 0 Å². The van der Waals surface area contributed by atoms with Gasteiger partial charge in [-0.1, -0.05) is 6.07 Å². The van der Waals surface area contributed by atoms with Crippen molar-refractivity contribution in [2.24, 2.45) is 0 Å². The topological polar surface area (TPSA) is 206 Å². The minimum Gasteiger partial charge on any atom is -0.504 e. The fraction of sp³-hybridized carbons (Fsp3) is 0.536. The summed E-state index contributed by atoms with van der Waals surface area (Å²) in [6.45, 7) is 1.77. The fourth-order valence-corrected chi connectivity index (χ4v) is 6.70. The Bertz CT molecular complexity index is 1390. The SMILES string of the molecule is C[C@H](OC(=O)CCC(=O)OC1=CC[C@@]2(O)[C@H]3Cc4ccc(O)c5c4[C@@]2(CCN3C)[C@H]1O5)C(=O)O[C@@H](CC(=O)O)C(=O)O. The largest absolute Gasteiger partial charge is 0.504 e. The van der Waals surface area contributed by atoms with E-state index in [4.69, 9.17) is 24.4 Å². The van der Waals surface area contributed by atoms with Crippen molar-refractivity contribution < 1.29 is 63.3 Å². The Morgan fingerprint density at radius 3 is 2.52 bits per heavy atom. The number of carboxylic acids is 2. The monoisotopic (exact) mass is 589 g/mol. The van der Waals surface area contributed by atoms with Crippen LogP contribution in [-0.2, 0) is 50.0 Å². The van der Waals surface area contributed by atoms with Gasteiger partial charge in [0.05, 0.1) is 30.3 Å². The Morgan fingerprint density at radius 2 is 1.83 bits per heavy atom. The van der Waals surface area contributed by atoms with E-state index in [1.807, 2.05) is 13.1 Å². The van der Waals surface area contributed by atoms with Crippen molar-refractivity contribution in [3.8, 4) is 11.5 Å². The van der Waals surface area contributed by atoms with Crippen molar-refractivity contribution in [2.45, 2.75) is 80.8 Å². The van der Waals surface area contributed by atoms with E-state index in [1.165, 1.54) is 0 Å². The number of carbonyl (C=O) groups excluding carboxylic acids is 3. The van der Waals surface area contributed by atoms with E-state index in [2.05, 4.69) is 9.64 Å². The Balaban J connectivity index is 1.23. The van der Waals surface area contributed by atoms with Crippen LogP contribution in [0.25, 0.3) is 0 Å². The second kappa shape index (κ2) is 10.6. The number of piperidine rings is 1. The molecule has 1 spiro atoms. The van der Waals surface area contributed by atoms with Gasteiger partial charge in [0.15, 0.2) is 23.7 Å². The summed E-state index contributed by atoms with van der Waals surface area (Å²) in [5.41, 5.74) is -0.490. The lowest BCUT2D eigenvalue weighted by molar-refractivity contribution is -0.178. The number of esters is 3. The summed E-state index contributed by atoms with van der Waals surface area (Å²) in [6, 6.07) is 3.16. The molecule has 1 saturated heterocycles. The van der Waals surface area contributed by atoms with E-state index < -0.39 is 78.4 Å². The van der Waals surface area contributed by atoms with Gasteiger partial charge in [-0.25, -0.2) is 9.59 Å². The average molecular weight is 590 g/mol. The van der Waals surface area contributed by atoms with Gasteiger partial charge in [0.25, 0.3) is 0 Å². The summed E-state index contributed by atoms with van der Waals surface area (Å²) >= 11 is 0. The molecule has 14 nitrogen and oxygen atoms in total. The van der Waals surface area contributed by atoms with E-state index >= 15 is 0 Å². The number of ether oxygens (including phenoxy) is 4. The number of aliphatic hydroxyl groups is 1. The number of hydrogen-bond donors (Lipinski definition) is 4. The van der Waals surface area contributed by atoms with Crippen LogP contribution in [0.15, 0.2) is 24.0 Å². The number of likely N-dealkylation sites (N-methyl/N-ethyl adjacent to an activating group) is 1. The summed E-state index contributed by atoms with van der Waals surface area (Å²) in [5, 5.41) is 40.5. The second-order valence-corrected chi connectivity index (χ2v) is 11.1. The van der Waals surface area contributed by atoms with Crippen LogP contribution < -0.4 is 4.74 Å². The quantitative estimate of drug-likeness (QED) is 0.215. The van der Waals surface area contributed by atoms with Crippen LogP contribution in [0.3, 0.4) is 0 Å². The Hall–Kier alpha value is -4.17. The van der Waals surface area contributed by atoms with E-state index in [0.717, 1.165) is 18.1 Å². The van der Waals surface area contributed by atoms with Crippen molar-refractivity contribution >= 4 is 29.8 Å². The molecule has 5 rings (SSSR count). The maximum atomic E-state index is 12.8. The molecule has 1 fully saturated rings. The first-order valence-corrected chi connectivity index (χ1v) is 13.5. The van der Waals surface area contributed by atoms with Crippen LogP contribution in [0.5, 0.6) is 11.5 Å². The number of phenolic OH excluding ortho intramolecular Hbond substituents is 1. The van der Waals surface area contributed by atoms with Gasteiger partial charge in [-0.2, -0.15) is 0 Å². The number of nitrogens with zero attached hydrogens (tertiary/aromatic N) is 1. The number of aromatic hydroxyl groups is 1. The van der Waals surface area contributed by atoms with Gasteiger partial charge in [0.2, 0.25) is 6.10 Å². The smallest absolute Gasteiger partial charge is 0.348 e. The standard InChI is InChI=1S/C28H31NO13/c1-13(26(37)41-17(25(35)36)12-19(31)32)39-20(33)5-6-21(34)40-16-7-8-28(38)18-11-14-3-4-15(30)23-22(14)27(28,24(16)42-23)9-10-29(18)2/h3-4,7,13,17-18,24,30,38H,5-6,8-12H2,1-2H3,(H,31,32)(H,35,36)/t13-,17-,18+,24-,27-,28+/m0/s1. The van der Waals surface area contributed by atoms with Crippen LogP contribution in [0.4, 0.5) is 0 Å². The third-order valence-electron chi connectivity index (χ3n) is 8.65. The summed E-state index contributed by atoms with van der Waals surface area (Å²) < 4.78 is 21.4. The molecule has 2 aliphatic carbocycles. The summed E-state index contributed by atoms with van der Waals surface area (Å²) in [6.07, 6.45) is -3.45. The van der Waals surface area contributed by atoms with E-state index in [0.29, 0.717) is 19.4 Å². The zero-order valence-corrected chi connectivity index (χ0v) is 22.9. The fourth-order valence-electron chi connectivity index (χ4n) is 6.70. The lowest BCUT2D eigenvalue weighted by Gasteiger charge is -2.61. The van der Waals surface area contributed by atoms with Crippen molar-refractivity contribution in [1.29, 1.82) is 0 Å². The number of carboxylic acid groups (broad SMARTS) is 2. The minimum atomic E-state index is -1.96. The van der Waals surface area contributed by atoms with Gasteiger partial charge in [-0.05, 0) is 51.1 Å². The minimum absolute atomic E-state index is 0.0732. The molecule has 2 heterocycles. The molecular weight excluding hydrogens is 558 g/mol. The van der Waals surface area contributed by atoms with Crippen molar-refractivity contribution in [3.05, 3.63) is 35.1 Å². The van der Waals surface area contributed by atoms with Gasteiger partial charge in [0.1, 0.15) is 5.76 Å². The molecule has 4 N–H and O–H groups in total. The predicted octanol–water partition coefficient (Wildman–Crippen LogP) is 0.396. The van der Waals surface area contributed by atoms with Gasteiger partial charge in [-0.3, -0.25) is 14.4 Å². The lowest BCUT2D eigenvalue weighted by atomic mass is 9.50. The molecule has 42 heavy (non-hydrogen) atoms. The van der Waals surface area contributed by atoms with Crippen molar-refractivity contribution in [1.82, 2.24) is 4.90 Å². The maximum Gasteiger partial charge on any atom is 0.348 e. The van der Waals surface area contributed by atoms with Gasteiger partial charge < -0.3 is 44.3 Å². The molecule has 6 atom stereocenters. The first-order chi connectivity index (χ1) is 19.8. The molecule has 4 aliphatic rings. The van der Waals surface area contributed by atoms with Gasteiger partial charge in [-0.15, -0.1) is 0 Å². The normalized spacial score (nSPS) is 28.3. The molecule has 0 amide bonds. The molecule has 2 aliphatic heterocycles. The molecular formula is C28H31NO13. The van der Waals surface area contributed by atoms with Crippen LogP contribution >= 0.6 is 0 Å². The predicted molar refractivity (Wildman–Crippen MR) is 137 cm³/mol. The first-order valence-electron chi connectivity index (χ1n) is 13.5. The number of hydrogen-bond acceptors (Lipinski definition) is 12. The third-order valence-corrected chi connectivity index (χ3v) is 8.65. The molecule has 14 heteroatoms. The summed E-state index contributed by atoms with van der Waals surface area (Å²) in [4.78, 5) is 61.1. The maximum absolute atomic E-state index is 12.8. The van der Waals surface area contributed by atoms with Crippen molar-refractivity contribution in [2.75, 3.05) is 13.6 Å². The van der Waals surface area contributed by atoms with Gasteiger partial charge >= 0.3 is 29.8 Å². The highest BCUT2D eigenvalue weighted by molar-refractivity contribution is 5.85. The lowest BCUT2D eigenvalue weighted by Crippen LogP contribution is -2.74. The van der Waals surface area contributed by atoms with E-state index in [-0.39, 0.29) is 29.7 Å². The molecule has 0 aromatic heterocycles. The third kappa shape index (κ3) is 4.64. The molecule has 226 valence electrons. The first kappa shape index (κ1) is 29.3. The highest BCUT2D eigenvalue weighted by Crippen LogP contribution is 2.65. The molecule has 0 radical (unpaired) electrons. The highest BCUT2D eigenvalue weighted by Gasteiger charge is 2.72. The Morgan fingerprint density at radius 1 is 1.12 bits per heavy atom. The Labute approximate surface area is 239 Å². The van der Waals surface area contributed by atoms with Crippen LogP contribution in [0.1, 0.15) is 50.2 Å². The van der Waals surface area contributed by atoms with Gasteiger partial charge in [0, 0.05) is 18.0 Å². The molecule has 1 aromatic carbocycles. The number of carbonyl (C=O) groups is 5. The number of aliphatic carboxylic acids is 2. The number of rotatable bonds is 10. The number of likely N-dealkylation sites (tertiary alicyclic amines) is 1. The molecule has 1 aromatic rings. The summed E-state index contributed by atoms with van der Waals surface area (Å²) in [5.74, 6) is -5.85. The number of benzene rings is 1. The van der Waals surface area contributed by atoms with Crippen LogP contribution in [0, 0.1) is 0 Å². The summed E-state index contributed by atoms with van der Waals surface area (Å²) in [7, 11) is 1.95. The van der Waals surface area contributed by atoms with E-state index in [1.54, 1.807) is 12.1 Å². The van der Waals surface area contributed by atoms with Crippen LogP contribution in [-0.4, -0.2) is 98.7 Å². The zero-order chi connectivity index (χ0) is 30.6.